The molecule has 2 fully saturated rings. The van der Waals surface area contributed by atoms with E-state index in [1.54, 1.807) is 0 Å². The van der Waals surface area contributed by atoms with Gasteiger partial charge < -0.3 is 10.6 Å². The molecule has 28 heavy (non-hydrogen) atoms. The average Bonchev–Trinajstić information content (AvgIpc) is 2.93. The minimum Gasteiger partial charge on any atom is -0.354 e. The van der Waals surface area contributed by atoms with Gasteiger partial charge in [0.2, 0.25) is 23.6 Å². The maximum Gasteiger partial charge on any atom is 0.237 e. The van der Waals surface area contributed by atoms with Gasteiger partial charge in [-0.2, -0.15) is 0 Å². The fourth-order valence-corrected chi connectivity index (χ4v) is 3.94. The molecule has 1 aliphatic heterocycles. The lowest BCUT2D eigenvalue weighted by atomic mass is 9.93. The van der Waals surface area contributed by atoms with Gasteiger partial charge in [-0.1, -0.05) is 30.3 Å². The smallest absolute Gasteiger partial charge is 0.237 e. The molecule has 150 valence electrons. The van der Waals surface area contributed by atoms with E-state index in [1.165, 1.54) is 16.7 Å². The number of imide groups is 1. The molecule has 8 heteroatoms. The molecular formula is C20H25N3O4S. The highest BCUT2D eigenvalue weighted by molar-refractivity contribution is 8.00. The Morgan fingerprint density at radius 3 is 2.46 bits per heavy atom. The van der Waals surface area contributed by atoms with Gasteiger partial charge in [0, 0.05) is 25.6 Å². The summed E-state index contributed by atoms with van der Waals surface area (Å²) in [7, 11) is 0. The average molecular weight is 404 g/mol. The standard InChI is InChI=1S/C20H25N3O4S/c24-17(12-28-13-18(25)22-15-7-4-8-15)21-9-10-23-19(26)11-16(20(23)27)14-5-2-1-3-6-14/h1-3,5-6,15-16H,4,7-13H2,(H,21,24)(H,22,25). The Labute approximate surface area is 168 Å². The van der Waals surface area contributed by atoms with Crippen LogP contribution >= 0.6 is 11.8 Å². The highest BCUT2D eigenvalue weighted by Crippen LogP contribution is 2.29. The highest BCUT2D eigenvalue weighted by Gasteiger charge is 2.38. The van der Waals surface area contributed by atoms with E-state index < -0.39 is 5.92 Å². The van der Waals surface area contributed by atoms with Crippen LogP contribution in [-0.2, 0) is 19.2 Å². The Morgan fingerprint density at radius 2 is 1.79 bits per heavy atom. The molecule has 1 saturated carbocycles. The van der Waals surface area contributed by atoms with Crippen LogP contribution in [0.4, 0.5) is 0 Å². The molecule has 3 rings (SSSR count). The van der Waals surface area contributed by atoms with E-state index in [-0.39, 0.29) is 54.6 Å². The van der Waals surface area contributed by atoms with E-state index in [4.69, 9.17) is 0 Å². The Bertz CT molecular complexity index is 736. The summed E-state index contributed by atoms with van der Waals surface area (Å²) in [6.07, 6.45) is 3.41. The predicted octanol–water partition coefficient (Wildman–Crippen LogP) is 1.05. The maximum absolute atomic E-state index is 12.5. The summed E-state index contributed by atoms with van der Waals surface area (Å²) in [6, 6.07) is 9.56. The topological polar surface area (TPSA) is 95.6 Å². The molecule has 2 N–H and O–H groups in total. The lowest BCUT2D eigenvalue weighted by molar-refractivity contribution is -0.139. The maximum atomic E-state index is 12.5. The van der Waals surface area contributed by atoms with Crippen LogP contribution in [0.5, 0.6) is 0 Å². The Hall–Kier alpha value is -2.35. The second-order valence-corrected chi connectivity index (χ2v) is 8.07. The van der Waals surface area contributed by atoms with Crippen LogP contribution < -0.4 is 10.6 Å². The molecule has 1 aromatic carbocycles. The van der Waals surface area contributed by atoms with Crippen molar-refractivity contribution in [3.63, 3.8) is 0 Å². The minimum atomic E-state index is -0.436. The number of nitrogens with zero attached hydrogens (tertiary/aromatic N) is 1. The van der Waals surface area contributed by atoms with Gasteiger partial charge in [-0.3, -0.25) is 24.1 Å². The molecular weight excluding hydrogens is 378 g/mol. The number of nitrogens with one attached hydrogen (secondary N) is 2. The molecule has 1 aliphatic carbocycles. The van der Waals surface area contributed by atoms with Crippen LogP contribution in [0.15, 0.2) is 30.3 Å². The van der Waals surface area contributed by atoms with Gasteiger partial charge >= 0.3 is 0 Å². The predicted molar refractivity (Wildman–Crippen MR) is 107 cm³/mol. The summed E-state index contributed by atoms with van der Waals surface area (Å²) in [6.45, 7) is 0.381. The Morgan fingerprint density at radius 1 is 1.07 bits per heavy atom. The SMILES string of the molecule is O=C(CSCC(=O)NC1CCC1)NCCN1C(=O)CC(c2ccccc2)C1=O. The van der Waals surface area contributed by atoms with Gasteiger partial charge in [-0.25, -0.2) is 0 Å². The molecule has 7 nitrogen and oxygen atoms in total. The second kappa shape index (κ2) is 9.73. The number of likely N-dealkylation sites (tertiary alicyclic amines) is 1. The zero-order valence-corrected chi connectivity index (χ0v) is 16.5. The van der Waals surface area contributed by atoms with Gasteiger partial charge in [0.05, 0.1) is 17.4 Å². The number of hydrogen-bond acceptors (Lipinski definition) is 5. The van der Waals surface area contributed by atoms with Gasteiger partial charge in [-0.05, 0) is 24.8 Å². The summed E-state index contributed by atoms with van der Waals surface area (Å²) >= 11 is 1.26. The summed E-state index contributed by atoms with van der Waals surface area (Å²) in [4.78, 5) is 49.4. The first kappa shape index (κ1) is 20.4. The third kappa shape index (κ3) is 5.34. The molecule has 1 aromatic rings. The zero-order chi connectivity index (χ0) is 19.9. The van der Waals surface area contributed by atoms with E-state index >= 15 is 0 Å². The first-order chi connectivity index (χ1) is 13.5. The monoisotopic (exact) mass is 403 g/mol. The first-order valence-corrected chi connectivity index (χ1v) is 10.7. The lowest BCUT2D eigenvalue weighted by Crippen LogP contribution is -2.41. The fraction of sp³-hybridized carbons (Fsp3) is 0.500. The number of rotatable bonds is 9. The summed E-state index contributed by atoms with van der Waals surface area (Å²) in [5.74, 6) is -0.682. The van der Waals surface area contributed by atoms with Gasteiger partial charge in [0.25, 0.3) is 0 Å². The van der Waals surface area contributed by atoms with E-state index in [0.717, 1.165) is 24.8 Å². The van der Waals surface area contributed by atoms with Gasteiger partial charge in [0.15, 0.2) is 0 Å². The van der Waals surface area contributed by atoms with Gasteiger partial charge in [-0.15, -0.1) is 11.8 Å². The third-order valence-corrected chi connectivity index (χ3v) is 5.97. The van der Waals surface area contributed by atoms with E-state index in [9.17, 15) is 19.2 Å². The van der Waals surface area contributed by atoms with E-state index in [2.05, 4.69) is 10.6 Å². The van der Waals surface area contributed by atoms with Crippen LogP contribution in [0.3, 0.4) is 0 Å². The number of carbonyl (C=O) groups excluding carboxylic acids is 4. The van der Waals surface area contributed by atoms with Crippen molar-refractivity contribution in [2.45, 2.75) is 37.6 Å². The van der Waals surface area contributed by atoms with Crippen molar-refractivity contribution >= 4 is 35.4 Å². The van der Waals surface area contributed by atoms with Crippen molar-refractivity contribution in [2.75, 3.05) is 24.6 Å². The fourth-order valence-electron chi connectivity index (χ4n) is 3.28. The van der Waals surface area contributed by atoms with Crippen molar-refractivity contribution in [2.24, 2.45) is 0 Å². The molecule has 1 saturated heterocycles. The minimum absolute atomic E-state index is 0.0392. The van der Waals surface area contributed by atoms with E-state index in [1.807, 2.05) is 30.3 Å². The van der Waals surface area contributed by atoms with Crippen LogP contribution in [0.25, 0.3) is 0 Å². The molecule has 0 bridgehead atoms. The molecule has 0 radical (unpaired) electrons. The largest absolute Gasteiger partial charge is 0.354 e. The number of hydrogen-bond donors (Lipinski definition) is 2. The van der Waals surface area contributed by atoms with Crippen LogP contribution in [0.2, 0.25) is 0 Å². The number of thioether (sulfide) groups is 1. The quantitative estimate of drug-likeness (QED) is 0.601. The van der Waals surface area contributed by atoms with Crippen LogP contribution in [-0.4, -0.2) is 59.2 Å². The van der Waals surface area contributed by atoms with Crippen molar-refractivity contribution in [3.05, 3.63) is 35.9 Å². The number of benzene rings is 1. The Kier molecular flexibility index (Phi) is 7.08. The van der Waals surface area contributed by atoms with Gasteiger partial charge in [0.1, 0.15) is 0 Å². The molecule has 1 atom stereocenters. The van der Waals surface area contributed by atoms with E-state index in [0.29, 0.717) is 6.04 Å². The second-order valence-electron chi connectivity index (χ2n) is 7.09. The van der Waals surface area contributed by atoms with Crippen LogP contribution in [0.1, 0.15) is 37.2 Å². The lowest BCUT2D eigenvalue weighted by Gasteiger charge is -2.26. The molecule has 2 aliphatic rings. The molecule has 1 unspecified atom stereocenters. The molecule has 1 heterocycles. The summed E-state index contributed by atoms with van der Waals surface area (Å²) in [5.41, 5.74) is 0.837. The van der Waals surface area contributed by atoms with Crippen molar-refractivity contribution in [1.29, 1.82) is 0 Å². The molecule has 0 spiro atoms. The highest BCUT2D eigenvalue weighted by atomic mass is 32.2. The van der Waals surface area contributed by atoms with Crippen LogP contribution in [0, 0.1) is 0 Å². The third-order valence-electron chi connectivity index (χ3n) is 5.04. The van der Waals surface area contributed by atoms with Crippen molar-refractivity contribution in [3.8, 4) is 0 Å². The normalized spacial score (nSPS) is 19.4. The first-order valence-electron chi connectivity index (χ1n) is 9.57. The van der Waals surface area contributed by atoms with Crippen molar-refractivity contribution in [1.82, 2.24) is 15.5 Å². The van der Waals surface area contributed by atoms with Crippen molar-refractivity contribution < 1.29 is 19.2 Å². The molecule has 0 aromatic heterocycles. The summed E-state index contributed by atoms with van der Waals surface area (Å²) < 4.78 is 0. The summed E-state index contributed by atoms with van der Waals surface area (Å²) in [5, 5.41) is 5.63. The number of carbonyl (C=O) groups is 4. The number of amides is 4. The zero-order valence-electron chi connectivity index (χ0n) is 15.7. The Balaban J connectivity index is 1.34. The molecule has 4 amide bonds.